The zero-order valence-corrected chi connectivity index (χ0v) is 10.8. The number of likely N-dealkylation sites (tertiary alicyclic amines) is 1. The summed E-state index contributed by atoms with van der Waals surface area (Å²) in [5, 5.41) is 0. The first-order valence-corrected chi connectivity index (χ1v) is 5.90. The summed E-state index contributed by atoms with van der Waals surface area (Å²) in [7, 11) is 0. The van der Waals surface area contributed by atoms with Gasteiger partial charge < -0.3 is 9.64 Å². The molecule has 0 aromatic carbocycles. The number of amides is 1. The van der Waals surface area contributed by atoms with E-state index < -0.39 is 17.9 Å². The lowest BCUT2D eigenvalue weighted by atomic mass is 10.0. The fourth-order valence-corrected chi connectivity index (χ4v) is 2.00. The zero-order chi connectivity index (χ0) is 12.5. The van der Waals surface area contributed by atoms with Crippen molar-refractivity contribution in [2.75, 3.05) is 6.54 Å². The average molecular weight is 231 g/mol. The zero-order valence-electron chi connectivity index (χ0n) is 10.8. The van der Waals surface area contributed by atoms with Crippen LogP contribution in [0.4, 0.5) is 9.18 Å². The summed E-state index contributed by atoms with van der Waals surface area (Å²) >= 11 is 0. The maximum absolute atomic E-state index is 13.8. The van der Waals surface area contributed by atoms with Crippen molar-refractivity contribution in [1.82, 2.24) is 4.90 Å². The highest BCUT2D eigenvalue weighted by Crippen LogP contribution is 2.29. The standard InChI is InChI=1S/C12H22FNO2/c1-6-9-7-14(8(2)10(9)13)11(15)16-12(3,4)5/h8-10H,6-7H2,1-5H3/t8-,9-,10+/m1/s1. The van der Waals surface area contributed by atoms with E-state index in [2.05, 4.69) is 0 Å². The van der Waals surface area contributed by atoms with Crippen molar-refractivity contribution in [3.8, 4) is 0 Å². The fraction of sp³-hybridized carbons (Fsp3) is 0.917. The lowest BCUT2D eigenvalue weighted by Gasteiger charge is -2.27. The Bertz CT molecular complexity index is 262. The molecule has 0 aromatic rings. The Morgan fingerprint density at radius 2 is 2.06 bits per heavy atom. The summed E-state index contributed by atoms with van der Waals surface area (Å²) in [6, 6.07) is -0.375. The van der Waals surface area contributed by atoms with Gasteiger partial charge in [-0.2, -0.15) is 0 Å². The number of rotatable bonds is 1. The molecule has 1 aliphatic heterocycles. The highest BCUT2D eigenvalue weighted by atomic mass is 19.1. The first-order chi connectivity index (χ1) is 7.26. The van der Waals surface area contributed by atoms with Crippen LogP contribution in [0.2, 0.25) is 0 Å². The minimum atomic E-state index is -0.933. The molecule has 3 nitrogen and oxygen atoms in total. The lowest BCUT2D eigenvalue weighted by Crippen LogP contribution is -2.40. The summed E-state index contributed by atoms with van der Waals surface area (Å²) in [5.41, 5.74) is -0.521. The van der Waals surface area contributed by atoms with Crippen molar-refractivity contribution in [2.45, 2.75) is 58.9 Å². The molecule has 1 aliphatic rings. The van der Waals surface area contributed by atoms with E-state index in [0.717, 1.165) is 6.42 Å². The molecule has 1 heterocycles. The van der Waals surface area contributed by atoms with Crippen LogP contribution in [-0.4, -0.2) is 35.4 Å². The molecule has 16 heavy (non-hydrogen) atoms. The van der Waals surface area contributed by atoms with Crippen molar-refractivity contribution in [3.63, 3.8) is 0 Å². The van der Waals surface area contributed by atoms with Crippen molar-refractivity contribution >= 4 is 6.09 Å². The Hall–Kier alpha value is -0.800. The van der Waals surface area contributed by atoms with Gasteiger partial charge in [-0.15, -0.1) is 0 Å². The van der Waals surface area contributed by atoms with Crippen molar-refractivity contribution in [2.24, 2.45) is 5.92 Å². The second-order valence-electron chi connectivity index (χ2n) is 5.49. The lowest BCUT2D eigenvalue weighted by molar-refractivity contribution is 0.0212. The van der Waals surface area contributed by atoms with Gasteiger partial charge in [-0.3, -0.25) is 0 Å². The highest BCUT2D eigenvalue weighted by molar-refractivity contribution is 5.69. The number of hydrogen-bond donors (Lipinski definition) is 0. The predicted molar refractivity (Wildman–Crippen MR) is 61.1 cm³/mol. The molecule has 94 valence electrons. The Labute approximate surface area is 96.9 Å². The molecule has 0 bridgehead atoms. The van der Waals surface area contributed by atoms with Crippen molar-refractivity contribution in [1.29, 1.82) is 0 Å². The van der Waals surface area contributed by atoms with E-state index in [0.29, 0.717) is 6.54 Å². The minimum Gasteiger partial charge on any atom is -0.444 e. The normalized spacial score (nSPS) is 30.6. The molecular formula is C12H22FNO2. The van der Waals surface area contributed by atoms with Gasteiger partial charge in [0.2, 0.25) is 0 Å². The van der Waals surface area contributed by atoms with E-state index in [9.17, 15) is 9.18 Å². The van der Waals surface area contributed by atoms with Gasteiger partial charge in [0.15, 0.2) is 0 Å². The first kappa shape index (κ1) is 13.3. The van der Waals surface area contributed by atoms with Crippen LogP contribution in [0.25, 0.3) is 0 Å². The van der Waals surface area contributed by atoms with Crippen LogP contribution in [0.5, 0.6) is 0 Å². The van der Waals surface area contributed by atoms with Gasteiger partial charge in [0.05, 0.1) is 6.04 Å². The van der Waals surface area contributed by atoms with E-state index in [-0.39, 0.29) is 12.0 Å². The number of hydrogen-bond acceptors (Lipinski definition) is 2. The van der Waals surface area contributed by atoms with Crippen LogP contribution < -0.4 is 0 Å². The largest absolute Gasteiger partial charge is 0.444 e. The van der Waals surface area contributed by atoms with Crippen LogP contribution in [0, 0.1) is 5.92 Å². The average Bonchev–Trinajstić information content (AvgIpc) is 2.41. The van der Waals surface area contributed by atoms with E-state index in [1.165, 1.54) is 4.90 Å². The SMILES string of the molecule is CC[C@@H]1CN(C(=O)OC(C)(C)C)[C@H](C)[C@@H]1F. The van der Waals surface area contributed by atoms with Crippen LogP contribution >= 0.6 is 0 Å². The van der Waals surface area contributed by atoms with Crippen LogP contribution in [0.1, 0.15) is 41.0 Å². The van der Waals surface area contributed by atoms with Gasteiger partial charge in [-0.1, -0.05) is 6.92 Å². The minimum absolute atomic E-state index is 0.0532. The number of alkyl halides is 1. The summed E-state index contributed by atoms with van der Waals surface area (Å²) in [6.07, 6.45) is -0.582. The molecule has 0 aliphatic carbocycles. The molecule has 0 aromatic heterocycles. The number of nitrogens with zero attached hydrogens (tertiary/aromatic N) is 1. The summed E-state index contributed by atoms with van der Waals surface area (Å²) in [6.45, 7) is 9.60. The van der Waals surface area contributed by atoms with E-state index in [4.69, 9.17) is 4.74 Å². The van der Waals surface area contributed by atoms with E-state index in [1.54, 1.807) is 6.92 Å². The van der Waals surface area contributed by atoms with Gasteiger partial charge in [0, 0.05) is 12.5 Å². The Kier molecular flexibility index (Phi) is 3.81. The third kappa shape index (κ3) is 2.86. The van der Waals surface area contributed by atoms with Crippen molar-refractivity contribution in [3.05, 3.63) is 0 Å². The van der Waals surface area contributed by atoms with E-state index >= 15 is 0 Å². The second kappa shape index (κ2) is 4.60. The maximum Gasteiger partial charge on any atom is 0.410 e. The molecule has 0 spiro atoms. The van der Waals surface area contributed by atoms with Gasteiger partial charge >= 0.3 is 6.09 Å². The van der Waals surface area contributed by atoms with Crippen molar-refractivity contribution < 1.29 is 13.9 Å². The summed E-state index contributed by atoms with van der Waals surface area (Å²) < 4.78 is 19.0. The summed E-state index contributed by atoms with van der Waals surface area (Å²) in [4.78, 5) is 13.3. The maximum atomic E-state index is 13.8. The molecule has 1 saturated heterocycles. The third-order valence-corrected chi connectivity index (χ3v) is 2.99. The number of carbonyl (C=O) groups is 1. The third-order valence-electron chi connectivity index (χ3n) is 2.99. The predicted octanol–water partition coefficient (Wildman–Crippen LogP) is 2.99. The summed E-state index contributed by atoms with van der Waals surface area (Å²) in [5.74, 6) is -0.0532. The fourth-order valence-electron chi connectivity index (χ4n) is 2.00. The molecule has 0 saturated carbocycles. The van der Waals surface area contributed by atoms with Gasteiger partial charge in [-0.25, -0.2) is 9.18 Å². The van der Waals surface area contributed by atoms with Gasteiger partial charge in [-0.05, 0) is 34.1 Å². The van der Waals surface area contributed by atoms with Crippen LogP contribution in [0.15, 0.2) is 0 Å². The molecule has 3 atom stereocenters. The number of halogens is 1. The molecule has 1 amide bonds. The second-order valence-corrected chi connectivity index (χ2v) is 5.49. The Morgan fingerprint density at radius 1 is 1.50 bits per heavy atom. The van der Waals surface area contributed by atoms with Gasteiger partial charge in [0.1, 0.15) is 11.8 Å². The molecule has 0 N–H and O–H groups in total. The van der Waals surface area contributed by atoms with Gasteiger partial charge in [0.25, 0.3) is 0 Å². The highest BCUT2D eigenvalue weighted by Gasteiger charge is 2.42. The molecule has 1 rings (SSSR count). The van der Waals surface area contributed by atoms with Crippen LogP contribution in [-0.2, 0) is 4.74 Å². The first-order valence-electron chi connectivity index (χ1n) is 5.90. The smallest absolute Gasteiger partial charge is 0.410 e. The Morgan fingerprint density at radius 3 is 2.44 bits per heavy atom. The molecule has 4 heteroatoms. The van der Waals surface area contributed by atoms with E-state index in [1.807, 2.05) is 27.7 Å². The van der Waals surface area contributed by atoms with Crippen LogP contribution in [0.3, 0.4) is 0 Å². The number of ether oxygens (including phenoxy) is 1. The Balaban J connectivity index is 2.65. The molecular weight excluding hydrogens is 209 g/mol. The monoisotopic (exact) mass is 231 g/mol. The molecule has 0 radical (unpaired) electrons. The topological polar surface area (TPSA) is 29.5 Å². The number of carbonyl (C=O) groups excluding carboxylic acids is 1. The molecule has 0 unspecified atom stereocenters. The molecule has 1 fully saturated rings. The quantitative estimate of drug-likeness (QED) is 0.694.